The monoisotopic (exact) mass is 243 g/mol. The van der Waals surface area contributed by atoms with Crippen molar-refractivity contribution in [1.29, 1.82) is 0 Å². The number of ether oxygens (including phenoxy) is 1. The van der Waals surface area contributed by atoms with Gasteiger partial charge in [-0.15, -0.1) is 0 Å². The summed E-state index contributed by atoms with van der Waals surface area (Å²) in [5.74, 6) is -0.331. The van der Waals surface area contributed by atoms with Crippen LogP contribution in [0.1, 0.15) is 53.9 Å². The van der Waals surface area contributed by atoms with Crippen LogP contribution in [0.25, 0.3) is 0 Å². The van der Waals surface area contributed by atoms with Crippen molar-refractivity contribution >= 4 is 5.97 Å². The Balaban J connectivity index is 2.80. The topological polar surface area (TPSA) is 38.8 Å². The molecule has 4 nitrogen and oxygen atoms in total. The molecular weight excluding hydrogens is 218 g/mol. The average Bonchev–Trinajstić information content (AvgIpc) is 2.21. The van der Waals surface area contributed by atoms with Crippen molar-refractivity contribution in [2.24, 2.45) is 0 Å². The summed E-state index contributed by atoms with van der Waals surface area (Å²) < 4.78 is 4.70. The van der Waals surface area contributed by atoms with Gasteiger partial charge in [-0.1, -0.05) is 0 Å². The third kappa shape index (κ3) is 3.19. The van der Waals surface area contributed by atoms with E-state index in [1.165, 1.54) is 13.5 Å². The van der Waals surface area contributed by atoms with Gasteiger partial charge in [0.25, 0.3) is 0 Å². The van der Waals surface area contributed by atoms with Crippen LogP contribution in [0.5, 0.6) is 0 Å². The zero-order valence-corrected chi connectivity index (χ0v) is 11.9. The first-order valence-corrected chi connectivity index (χ1v) is 6.26. The van der Waals surface area contributed by atoms with Crippen molar-refractivity contribution in [2.75, 3.05) is 7.11 Å². The quantitative estimate of drug-likeness (QED) is 0.714. The maximum atomic E-state index is 11.4. The Morgan fingerprint density at radius 1 is 1.18 bits per heavy atom. The molecule has 1 atom stereocenters. The fourth-order valence-corrected chi connectivity index (χ4v) is 2.63. The van der Waals surface area contributed by atoms with E-state index in [9.17, 15) is 4.79 Å². The van der Waals surface area contributed by atoms with E-state index in [0.717, 1.165) is 12.8 Å². The lowest BCUT2D eigenvalue weighted by atomic mass is 9.82. The minimum absolute atomic E-state index is 0.0516. The Morgan fingerprint density at radius 2 is 1.65 bits per heavy atom. The lowest BCUT2D eigenvalue weighted by molar-refractivity contribution is -0.299. The Bertz CT molecular complexity index is 270. The van der Waals surface area contributed by atoms with Crippen LogP contribution in [0.2, 0.25) is 0 Å². The van der Waals surface area contributed by atoms with E-state index < -0.39 is 6.10 Å². The molecule has 4 heteroatoms. The number of hydroxylamine groups is 2. The largest absolute Gasteiger partial charge is 0.467 e. The minimum atomic E-state index is -0.559. The van der Waals surface area contributed by atoms with Crippen molar-refractivity contribution in [3.8, 4) is 0 Å². The minimum Gasteiger partial charge on any atom is -0.467 e. The van der Waals surface area contributed by atoms with E-state index in [-0.39, 0.29) is 17.0 Å². The highest BCUT2D eigenvalue weighted by molar-refractivity contribution is 5.73. The van der Waals surface area contributed by atoms with Gasteiger partial charge >= 0.3 is 5.97 Å². The van der Waals surface area contributed by atoms with E-state index >= 15 is 0 Å². The number of nitrogens with zero attached hydrogens (tertiary/aromatic N) is 1. The molecule has 1 saturated heterocycles. The highest BCUT2D eigenvalue weighted by atomic mass is 16.7. The number of hydrogen-bond acceptors (Lipinski definition) is 4. The first-order chi connectivity index (χ1) is 7.70. The first-order valence-electron chi connectivity index (χ1n) is 6.26. The lowest BCUT2D eigenvalue weighted by Crippen LogP contribution is -2.59. The van der Waals surface area contributed by atoms with Crippen LogP contribution in [0.4, 0.5) is 0 Å². The molecule has 0 aromatic carbocycles. The Labute approximate surface area is 104 Å². The molecule has 0 aromatic heterocycles. The van der Waals surface area contributed by atoms with Gasteiger partial charge in [0.15, 0.2) is 6.10 Å². The van der Waals surface area contributed by atoms with Crippen molar-refractivity contribution < 1.29 is 14.4 Å². The second-order valence-electron chi connectivity index (χ2n) is 6.04. The second-order valence-corrected chi connectivity index (χ2v) is 6.04. The standard InChI is InChI=1S/C13H25NO3/c1-10(11(15)16-6)17-14-12(2,3)8-7-9-13(14,4)5/h10H,7-9H2,1-6H3. The third-order valence-electron chi connectivity index (χ3n) is 3.47. The third-order valence-corrected chi connectivity index (χ3v) is 3.47. The molecule has 17 heavy (non-hydrogen) atoms. The smallest absolute Gasteiger partial charge is 0.336 e. The molecule has 0 amide bonds. The summed E-state index contributed by atoms with van der Waals surface area (Å²) in [6.45, 7) is 10.3. The van der Waals surface area contributed by atoms with E-state index in [2.05, 4.69) is 27.7 Å². The van der Waals surface area contributed by atoms with E-state index in [1.54, 1.807) is 6.92 Å². The van der Waals surface area contributed by atoms with Crippen LogP contribution in [0, 0.1) is 0 Å². The summed E-state index contributed by atoms with van der Waals surface area (Å²) >= 11 is 0. The first kappa shape index (κ1) is 14.5. The summed E-state index contributed by atoms with van der Waals surface area (Å²) in [6, 6.07) is 0. The number of carbonyl (C=O) groups is 1. The molecule has 1 aliphatic rings. The molecule has 1 aliphatic heterocycles. The van der Waals surface area contributed by atoms with Crippen molar-refractivity contribution in [1.82, 2.24) is 5.06 Å². The lowest BCUT2D eigenvalue weighted by Gasteiger charge is -2.51. The van der Waals surface area contributed by atoms with Crippen LogP contribution in [0.15, 0.2) is 0 Å². The van der Waals surface area contributed by atoms with Crippen molar-refractivity contribution in [3.63, 3.8) is 0 Å². The molecule has 100 valence electrons. The second kappa shape index (κ2) is 4.94. The summed E-state index contributed by atoms with van der Waals surface area (Å²) in [5.41, 5.74) is -0.103. The van der Waals surface area contributed by atoms with E-state index in [1.807, 2.05) is 5.06 Å². The number of carbonyl (C=O) groups excluding carboxylic acids is 1. The number of methoxy groups -OCH3 is 1. The maximum absolute atomic E-state index is 11.4. The molecule has 0 aromatic rings. The number of hydrogen-bond donors (Lipinski definition) is 0. The van der Waals surface area contributed by atoms with Crippen LogP contribution in [0.3, 0.4) is 0 Å². The fraction of sp³-hybridized carbons (Fsp3) is 0.923. The van der Waals surface area contributed by atoms with Gasteiger partial charge < -0.3 is 4.74 Å². The molecule has 0 saturated carbocycles. The van der Waals surface area contributed by atoms with Gasteiger partial charge in [0.2, 0.25) is 0 Å². The molecule has 1 heterocycles. The van der Waals surface area contributed by atoms with Gasteiger partial charge in [-0.3, -0.25) is 4.84 Å². The SMILES string of the molecule is COC(=O)C(C)ON1C(C)(C)CCCC1(C)C. The fourth-order valence-electron chi connectivity index (χ4n) is 2.63. The Kier molecular flexibility index (Phi) is 4.20. The van der Waals surface area contributed by atoms with E-state index in [4.69, 9.17) is 9.57 Å². The number of piperidine rings is 1. The van der Waals surface area contributed by atoms with Gasteiger partial charge in [-0.05, 0) is 53.9 Å². The number of rotatable bonds is 3. The maximum Gasteiger partial charge on any atom is 0.336 e. The number of esters is 1. The van der Waals surface area contributed by atoms with Crippen LogP contribution in [-0.4, -0.2) is 35.3 Å². The average molecular weight is 243 g/mol. The molecule has 0 bridgehead atoms. The summed E-state index contributed by atoms with van der Waals surface area (Å²) in [7, 11) is 1.38. The van der Waals surface area contributed by atoms with Crippen LogP contribution < -0.4 is 0 Å². The molecule has 1 rings (SSSR count). The molecule has 1 unspecified atom stereocenters. The molecule has 0 N–H and O–H groups in total. The van der Waals surface area contributed by atoms with Gasteiger partial charge in [-0.25, -0.2) is 4.79 Å². The van der Waals surface area contributed by atoms with Gasteiger partial charge in [-0.2, -0.15) is 5.06 Å². The molecule has 1 fully saturated rings. The molecule has 0 spiro atoms. The van der Waals surface area contributed by atoms with Gasteiger partial charge in [0, 0.05) is 11.1 Å². The summed E-state index contributed by atoms with van der Waals surface area (Å²) in [5, 5.41) is 1.98. The van der Waals surface area contributed by atoms with Crippen LogP contribution in [-0.2, 0) is 14.4 Å². The molecular formula is C13H25NO3. The zero-order valence-electron chi connectivity index (χ0n) is 11.9. The predicted octanol–water partition coefficient (Wildman–Crippen LogP) is 2.52. The van der Waals surface area contributed by atoms with Crippen molar-refractivity contribution in [2.45, 2.75) is 71.1 Å². The predicted molar refractivity (Wildman–Crippen MR) is 66.4 cm³/mol. The summed E-state index contributed by atoms with van der Waals surface area (Å²) in [4.78, 5) is 17.3. The highest BCUT2D eigenvalue weighted by Gasteiger charge is 2.43. The molecule has 0 radical (unpaired) electrons. The summed E-state index contributed by atoms with van der Waals surface area (Å²) in [6.07, 6.45) is 2.78. The molecule has 0 aliphatic carbocycles. The van der Waals surface area contributed by atoms with Gasteiger partial charge in [0.05, 0.1) is 7.11 Å². The van der Waals surface area contributed by atoms with Crippen molar-refractivity contribution in [3.05, 3.63) is 0 Å². The van der Waals surface area contributed by atoms with Gasteiger partial charge in [0.1, 0.15) is 0 Å². The highest BCUT2D eigenvalue weighted by Crippen LogP contribution is 2.38. The van der Waals surface area contributed by atoms with Crippen LogP contribution >= 0.6 is 0 Å². The zero-order chi connectivity index (χ0) is 13.3. The van der Waals surface area contributed by atoms with E-state index in [0.29, 0.717) is 0 Å². The normalized spacial score (nSPS) is 25.3. The Hall–Kier alpha value is -0.610. The Morgan fingerprint density at radius 3 is 2.06 bits per heavy atom.